The highest BCUT2D eigenvalue weighted by Gasteiger charge is 2.11. The second-order valence-electron chi connectivity index (χ2n) is 3.29. The van der Waals surface area contributed by atoms with Crippen molar-refractivity contribution in [2.75, 3.05) is 0 Å². The van der Waals surface area contributed by atoms with Crippen molar-refractivity contribution in [3.05, 3.63) is 35.7 Å². The van der Waals surface area contributed by atoms with Crippen molar-refractivity contribution in [1.82, 2.24) is 14.8 Å². The molecule has 6 heteroatoms. The first-order chi connectivity index (χ1) is 7.63. The molecule has 0 aliphatic carbocycles. The summed E-state index contributed by atoms with van der Waals surface area (Å²) >= 11 is 0. The van der Waals surface area contributed by atoms with Gasteiger partial charge in [-0.15, -0.1) is 10.2 Å². The Morgan fingerprint density at radius 3 is 2.56 bits per heavy atom. The molecular formula is C10H9F2N3O. The van der Waals surface area contributed by atoms with E-state index in [0.717, 1.165) is 12.1 Å². The van der Waals surface area contributed by atoms with Crippen molar-refractivity contribution in [3.63, 3.8) is 0 Å². The van der Waals surface area contributed by atoms with Gasteiger partial charge in [-0.05, 0) is 18.2 Å². The summed E-state index contributed by atoms with van der Waals surface area (Å²) in [5.74, 6) is -1.11. The van der Waals surface area contributed by atoms with Crippen LogP contribution < -0.4 is 0 Å². The zero-order chi connectivity index (χ0) is 11.7. The minimum atomic E-state index is -0.939. The van der Waals surface area contributed by atoms with Crippen LogP contribution in [0.2, 0.25) is 0 Å². The fraction of sp³-hybridized carbons (Fsp3) is 0.200. The first-order valence-electron chi connectivity index (χ1n) is 4.58. The predicted molar refractivity (Wildman–Crippen MR) is 52.3 cm³/mol. The Kier molecular flexibility index (Phi) is 2.66. The number of halogens is 2. The number of aromatic nitrogens is 3. The molecule has 0 bridgehead atoms. The minimum Gasteiger partial charge on any atom is -0.388 e. The van der Waals surface area contributed by atoms with Crippen LogP contribution in [0.5, 0.6) is 0 Å². The first kappa shape index (κ1) is 10.7. The third-order valence-corrected chi connectivity index (χ3v) is 2.28. The second kappa shape index (κ2) is 3.97. The quantitative estimate of drug-likeness (QED) is 0.836. The average molecular weight is 225 g/mol. The molecule has 1 heterocycles. The molecule has 1 aromatic carbocycles. The lowest BCUT2D eigenvalue weighted by Gasteiger charge is -2.02. The Bertz CT molecular complexity index is 525. The smallest absolute Gasteiger partial charge is 0.163 e. The molecule has 84 valence electrons. The van der Waals surface area contributed by atoms with Crippen molar-refractivity contribution in [2.45, 2.75) is 6.61 Å². The molecule has 0 amide bonds. The van der Waals surface area contributed by atoms with Gasteiger partial charge in [0.25, 0.3) is 0 Å². The van der Waals surface area contributed by atoms with E-state index in [1.54, 1.807) is 7.05 Å². The summed E-state index contributed by atoms with van der Waals surface area (Å²) in [4.78, 5) is 0. The van der Waals surface area contributed by atoms with Crippen molar-refractivity contribution < 1.29 is 13.9 Å². The third kappa shape index (κ3) is 1.67. The molecule has 16 heavy (non-hydrogen) atoms. The fourth-order valence-corrected chi connectivity index (χ4v) is 1.39. The molecular weight excluding hydrogens is 216 g/mol. The van der Waals surface area contributed by atoms with E-state index in [1.807, 2.05) is 0 Å². The summed E-state index contributed by atoms with van der Waals surface area (Å²) in [6.45, 7) is -0.257. The van der Waals surface area contributed by atoms with E-state index in [4.69, 9.17) is 5.11 Å². The Morgan fingerprint density at radius 1 is 1.25 bits per heavy atom. The summed E-state index contributed by atoms with van der Waals surface area (Å²) in [7, 11) is 1.64. The molecule has 2 rings (SSSR count). The largest absolute Gasteiger partial charge is 0.388 e. The second-order valence-corrected chi connectivity index (χ2v) is 3.29. The Labute approximate surface area is 90.2 Å². The molecule has 0 aliphatic rings. The molecule has 1 aromatic heterocycles. The standard InChI is InChI=1S/C10H9F2N3O/c1-15-9(5-16)13-14-10(15)6-2-3-7(11)8(12)4-6/h2-4,16H,5H2,1H3. The number of hydrogen-bond acceptors (Lipinski definition) is 3. The van der Waals surface area contributed by atoms with Crippen LogP contribution in [0.4, 0.5) is 8.78 Å². The molecule has 4 nitrogen and oxygen atoms in total. The summed E-state index contributed by atoms with van der Waals surface area (Å²) in [6, 6.07) is 3.47. The van der Waals surface area contributed by atoms with Gasteiger partial charge in [0.05, 0.1) is 0 Å². The Hall–Kier alpha value is -1.82. The van der Waals surface area contributed by atoms with E-state index in [9.17, 15) is 8.78 Å². The zero-order valence-corrected chi connectivity index (χ0v) is 8.48. The van der Waals surface area contributed by atoms with Gasteiger partial charge in [-0.2, -0.15) is 0 Å². The highest BCUT2D eigenvalue weighted by atomic mass is 19.2. The van der Waals surface area contributed by atoms with Crippen molar-refractivity contribution in [1.29, 1.82) is 0 Å². The van der Waals surface area contributed by atoms with Gasteiger partial charge in [-0.25, -0.2) is 8.78 Å². The van der Waals surface area contributed by atoms with Gasteiger partial charge in [0.1, 0.15) is 6.61 Å². The van der Waals surface area contributed by atoms with Gasteiger partial charge in [-0.3, -0.25) is 0 Å². The number of aliphatic hydroxyl groups excluding tert-OH is 1. The summed E-state index contributed by atoms with van der Waals surface area (Å²) < 4.78 is 27.3. The van der Waals surface area contributed by atoms with E-state index in [1.165, 1.54) is 10.6 Å². The normalized spacial score (nSPS) is 10.8. The van der Waals surface area contributed by atoms with Crippen LogP contribution in [-0.4, -0.2) is 19.9 Å². The van der Waals surface area contributed by atoms with Crippen LogP contribution >= 0.6 is 0 Å². The summed E-state index contributed by atoms with van der Waals surface area (Å²) in [6.07, 6.45) is 0. The maximum Gasteiger partial charge on any atom is 0.163 e. The number of rotatable bonds is 2. The molecule has 0 unspecified atom stereocenters. The predicted octanol–water partition coefficient (Wildman–Crippen LogP) is 1.25. The maximum absolute atomic E-state index is 13.0. The Balaban J connectivity index is 2.50. The van der Waals surface area contributed by atoms with Crippen LogP contribution in [0.15, 0.2) is 18.2 Å². The summed E-state index contributed by atoms with van der Waals surface area (Å²) in [5, 5.41) is 16.4. The van der Waals surface area contributed by atoms with Gasteiger partial charge in [0.2, 0.25) is 0 Å². The minimum absolute atomic E-state index is 0.257. The highest BCUT2D eigenvalue weighted by Crippen LogP contribution is 2.19. The van der Waals surface area contributed by atoms with Crippen LogP contribution in [0.25, 0.3) is 11.4 Å². The number of hydrogen-bond donors (Lipinski definition) is 1. The van der Waals surface area contributed by atoms with E-state index in [-0.39, 0.29) is 6.61 Å². The van der Waals surface area contributed by atoms with Gasteiger partial charge in [0, 0.05) is 12.6 Å². The van der Waals surface area contributed by atoms with E-state index in [0.29, 0.717) is 17.2 Å². The topological polar surface area (TPSA) is 50.9 Å². The molecule has 0 fully saturated rings. The number of nitrogens with zero attached hydrogens (tertiary/aromatic N) is 3. The molecule has 0 atom stereocenters. The Morgan fingerprint density at radius 2 is 2.00 bits per heavy atom. The molecule has 0 radical (unpaired) electrons. The van der Waals surface area contributed by atoms with Gasteiger partial charge in [0.15, 0.2) is 23.3 Å². The van der Waals surface area contributed by atoms with Crippen LogP contribution in [-0.2, 0) is 13.7 Å². The van der Waals surface area contributed by atoms with Crippen molar-refractivity contribution in [3.8, 4) is 11.4 Å². The molecule has 0 saturated heterocycles. The lowest BCUT2D eigenvalue weighted by molar-refractivity contribution is 0.267. The van der Waals surface area contributed by atoms with Gasteiger partial charge < -0.3 is 9.67 Å². The monoisotopic (exact) mass is 225 g/mol. The SMILES string of the molecule is Cn1c(CO)nnc1-c1ccc(F)c(F)c1. The number of benzene rings is 1. The summed E-state index contributed by atoms with van der Waals surface area (Å²) in [5.41, 5.74) is 0.411. The van der Waals surface area contributed by atoms with E-state index < -0.39 is 11.6 Å². The van der Waals surface area contributed by atoms with Crippen LogP contribution in [0.3, 0.4) is 0 Å². The van der Waals surface area contributed by atoms with Crippen molar-refractivity contribution >= 4 is 0 Å². The van der Waals surface area contributed by atoms with Crippen LogP contribution in [0, 0.1) is 11.6 Å². The fourth-order valence-electron chi connectivity index (χ4n) is 1.39. The van der Waals surface area contributed by atoms with Gasteiger partial charge in [-0.1, -0.05) is 0 Å². The average Bonchev–Trinajstić information content (AvgIpc) is 2.64. The zero-order valence-electron chi connectivity index (χ0n) is 8.48. The molecule has 2 aromatic rings. The molecule has 0 saturated carbocycles. The lowest BCUT2D eigenvalue weighted by atomic mass is 10.2. The van der Waals surface area contributed by atoms with Crippen LogP contribution in [0.1, 0.15) is 5.82 Å². The van der Waals surface area contributed by atoms with E-state index >= 15 is 0 Å². The highest BCUT2D eigenvalue weighted by molar-refractivity contribution is 5.55. The maximum atomic E-state index is 13.0. The van der Waals surface area contributed by atoms with E-state index in [2.05, 4.69) is 10.2 Å². The molecule has 0 aliphatic heterocycles. The molecule has 0 spiro atoms. The first-order valence-corrected chi connectivity index (χ1v) is 4.58. The lowest BCUT2D eigenvalue weighted by Crippen LogP contribution is -1.99. The van der Waals surface area contributed by atoms with Gasteiger partial charge >= 0.3 is 0 Å². The number of aliphatic hydroxyl groups is 1. The molecule has 1 N–H and O–H groups in total. The third-order valence-electron chi connectivity index (χ3n) is 2.28. The van der Waals surface area contributed by atoms with Crippen molar-refractivity contribution in [2.24, 2.45) is 7.05 Å².